The highest BCUT2D eigenvalue weighted by Gasteiger charge is 2.33. The Morgan fingerprint density at radius 3 is 2.80 bits per heavy atom. The van der Waals surface area contributed by atoms with Crippen molar-refractivity contribution in [1.82, 2.24) is 9.55 Å². The van der Waals surface area contributed by atoms with Crippen LogP contribution in [0, 0.1) is 12.3 Å². The molecule has 0 aliphatic heterocycles. The van der Waals surface area contributed by atoms with Gasteiger partial charge in [0, 0.05) is 34.5 Å². The number of hydrogen-bond acceptors (Lipinski definition) is 2. The second-order valence-corrected chi connectivity index (χ2v) is 7.20. The first-order chi connectivity index (χ1) is 9.37. The van der Waals surface area contributed by atoms with E-state index in [0.29, 0.717) is 6.42 Å². The Kier molecular flexibility index (Phi) is 3.09. The molecule has 0 atom stereocenters. The van der Waals surface area contributed by atoms with Crippen molar-refractivity contribution in [2.24, 2.45) is 5.41 Å². The zero-order valence-corrected chi connectivity index (χ0v) is 13.5. The molecule has 0 amide bonds. The molecule has 2 heterocycles. The number of carbonyl (C=O) groups excluding carboxylic acids is 1. The van der Waals surface area contributed by atoms with Crippen molar-refractivity contribution in [3.8, 4) is 5.82 Å². The van der Waals surface area contributed by atoms with E-state index in [1.54, 1.807) is 6.20 Å². The van der Waals surface area contributed by atoms with E-state index in [4.69, 9.17) is 0 Å². The average molecular weight is 333 g/mol. The smallest absolute Gasteiger partial charge is 0.165 e. The third-order valence-corrected chi connectivity index (χ3v) is 4.26. The standard InChI is InChI=1S/C16H17BrN2O/c1-10-6-11(17)9-18-15(10)19-5-4-12-13(19)7-16(2,3)8-14(12)20/h4-6,9H,7-8H2,1-3H3. The normalized spacial score (nSPS) is 17.1. The summed E-state index contributed by atoms with van der Waals surface area (Å²) in [6.45, 7) is 6.33. The van der Waals surface area contributed by atoms with Crippen LogP contribution in [0.2, 0.25) is 0 Å². The molecule has 0 N–H and O–H groups in total. The molecule has 0 saturated carbocycles. The number of Topliss-reactive ketones (excluding diaryl/α,β-unsaturated/α-hetero) is 1. The van der Waals surface area contributed by atoms with Crippen molar-refractivity contribution in [1.29, 1.82) is 0 Å². The second-order valence-electron chi connectivity index (χ2n) is 6.28. The van der Waals surface area contributed by atoms with Crippen LogP contribution < -0.4 is 0 Å². The lowest BCUT2D eigenvalue weighted by Crippen LogP contribution is -2.28. The van der Waals surface area contributed by atoms with Gasteiger partial charge in [0.05, 0.1) is 0 Å². The zero-order valence-electron chi connectivity index (χ0n) is 11.9. The van der Waals surface area contributed by atoms with Crippen molar-refractivity contribution in [2.75, 3.05) is 0 Å². The number of hydrogen-bond donors (Lipinski definition) is 0. The molecule has 0 spiro atoms. The van der Waals surface area contributed by atoms with Gasteiger partial charge in [-0.3, -0.25) is 4.79 Å². The van der Waals surface area contributed by atoms with Gasteiger partial charge in [0.1, 0.15) is 5.82 Å². The zero-order chi connectivity index (χ0) is 14.5. The van der Waals surface area contributed by atoms with Gasteiger partial charge in [-0.15, -0.1) is 0 Å². The Morgan fingerprint density at radius 2 is 2.10 bits per heavy atom. The number of pyridine rings is 1. The Balaban J connectivity index is 2.16. The van der Waals surface area contributed by atoms with Crippen LogP contribution in [0.3, 0.4) is 0 Å². The van der Waals surface area contributed by atoms with E-state index in [1.165, 1.54) is 0 Å². The number of aromatic nitrogens is 2. The van der Waals surface area contributed by atoms with E-state index in [1.807, 2.05) is 25.3 Å². The fourth-order valence-electron chi connectivity index (χ4n) is 2.93. The summed E-state index contributed by atoms with van der Waals surface area (Å²) in [6.07, 6.45) is 5.28. The van der Waals surface area contributed by atoms with Crippen molar-refractivity contribution in [2.45, 2.75) is 33.6 Å². The molecule has 104 valence electrons. The minimum Gasteiger partial charge on any atom is -0.305 e. The summed E-state index contributed by atoms with van der Waals surface area (Å²) in [4.78, 5) is 16.7. The maximum Gasteiger partial charge on any atom is 0.165 e. The summed E-state index contributed by atoms with van der Waals surface area (Å²) in [5.41, 5.74) is 3.05. The van der Waals surface area contributed by atoms with Crippen LogP contribution in [0.5, 0.6) is 0 Å². The highest BCUT2D eigenvalue weighted by atomic mass is 79.9. The van der Waals surface area contributed by atoms with Crippen molar-refractivity contribution < 1.29 is 4.79 Å². The summed E-state index contributed by atoms with van der Waals surface area (Å²) in [5.74, 6) is 1.14. The lowest BCUT2D eigenvalue weighted by molar-refractivity contribution is 0.0911. The van der Waals surface area contributed by atoms with Crippen LogP contribution in [0.1, 0.15) is 41.9 Å². The van der Waals surface area contributed by atoms with Crippen LogP contribution in [-0.4, -0.2) is 15.3 Å². The molecule has 20 heavy (non-hydrogen) atoms. The molecule has 1 aliphatic rings. The fraction of sp³-hybridized carbons (Fsp3) is 0.375. The largest absolute Gasteiger partial charge is 0.305 e. The molecule has 2 aromatic rings. The molecular weight excluding hydrogens is 316 g/mol. The number of rotatable bonds is 1. The van der Waals surface area contributed by atoms with Gasteiger partial charge in [-0.1, -0.05) is 13.8 Å². The summed E-state index contributed by atoms with van der Waals surface area (Å²) < 4.78 is 3.03. The van der Waals surface area contributed by atoms with Crippen molar-refractivity contribution >= 4 is 21.7 Å². The SMILES string of the molecule is Cc1cc(Br)cnc1-n1ccc2c1CC(C)(C)CC2=O. The number of aryl methyl sites for hydroxylation is 1. The highest BCUT2D eigenvalue weighted by molar-refractivity contribution is 9.10. The van der Waals surface area contributed by atoms with Gasteiger partial charge >= 0.3 is 0 Å². The van der Waals surface area contributed by atoms with Gasteiger partial charge in [-0.2, -0.15) is 0 Å². The first-order valence-corrected chi connectivity index (χ1v) is 7.53. The first kappa shape index (κ1) is 13.6. The number of halogens is 1. The molecule has 0 bridgehead atoms. The molecule has 4 heteroatoms. The van der Waals surface area contributed by atoms with Crippen molar-refractivity contribution in [3.63, 3.8) is 0 Å². The number of carbonyl (C=O) groups is 1. The van der Waals surface area contributed by atoms with Crippen LogP contribution in [0.4, 0.5) is 0 Å². The number of ketones is 1. The van der Waals surface area contributed by atoms with E-state index in [-0.39, 0.29) is 11.2 Å². The Hall–Kier alpha value is -1.42. The van der Waals surface area contributed by atoms with E-state index >= 15 is 0 Å². The summed E-state index contributed by atoms with van der Waals surface area (Å²) in [6, 6.07) is 3.97. The van der Waals surface area contributed by atoms with Gasteiger partial charge in [-0.25, -0.2) is 4.98 Å². The van der Waals surface area contributed by atoms with E-state index in [0.717, 1.165) is 33.5 Å². The molecule has 0 aromatic carbocycles. The second kappa shape index (κ2) is 4.55. The monoisotopic (exact) mass is 332 g/mol. The first-order valence-electron chi connectivity index (χ1n) is 6.73. The molecule has 1 aliphatic carbocycles. The summed E-state index contributed by atoms with van der Waals surface area (Å²) in [7, 11) is 0. The fourth-order valence-corrected chi connectivity index (χ4v) is 3.37. The molecular formula is C16H17BrN2O. The minimum absolute atomic E-state index is 0.0173. The average Bonchev–Trinajstić information content (AvgIpc) is 2.71. The highest BCUT2D eigenvalue weighted by Crippen LogP contribution is 2.36. The third kappa shape index (κ3) is 2.22. The van der Waals surface area contributed by atoms with Gasteiger partial charge in [0.15, 0.2) is 5.78 Å². The van der Waals surface area contributed by atoms with Gasteiger partial charge < -0.3 is 4.57 Å². The maximum absolute atomic E-state index is 12.2. The van der Waals surface area contributed by atoms with E-state index < -0.39 is 0 Å². The predicted molar refractivity (Wildman–Crippen MR) is 82.4 cm³/mol. The van der Waals surface area contributed by atoms with Crippen molar-refractivity contribution in [3.05, 3.63) is 45.8 Å². The van der Waals surface area contributed by atoms with E-state index in [2.05, 4.69) is 39.3 Å². The van der Waals surface area contributed by atoms with E-state index in [9.17, 15) is 4.79 Å². The number of fused-ring (bicyclic) bond motifs is 1. The minimum atomic E-state index is 0.0173. The van der Waals surface area contributed by atoms with Gasteiger partial charge in [-0.05, 0) is 52.4 Å². The Labute approximate surface area is 127 Å². The van der Waals surface area contributed by atoms with Crippen LogP contribution in [0.15, 0.2) is 29.0 Å². The molecule has 3 nitrogen and oxygen atoms in total. The number of nitrogens with zero attached hydrogens (tertiary/aromatic N) is 2. The Morgan fingerprint density at radius 1 is 1.35 bits per heavy atom. The van der Waals surface area contributed by atoms with Crippen LogP contribution >= 0.6 is 15.9 Å². The molecule has 0 fully saturated rings. The third-order valence-electron chi connectivity index (χ3n) is 3.82. The van der Waals surface area contributed by atoms with Gasteiger partial charge in [0.2, 0.25) is 0 Å². The van der Waals surface area contributed by atoms with Gasteiger partial charge in [0.25, 0.3) is 0 Å². The maximum atomic E-state index is 12.2. The quantitative estimate of drug-likeness (QED) is 0.788. The Bertz CT molecular complexity index is 700. The lowest BCUT2D eigenvalue weighted by Gasteiger charge is -2.29. The summed E-state index contributed by atoms with van der Waals surface area (Å²) >= 11 is 3.44. The molecule has 0 unspecified atom stereocenters. The molecule has 0 radical (unpaired) electrons. The summed E-state index contributed by atoms with van der Waals surface area (Å²) in [5, 5.41) is 0. The predicted octanol–water partition coefficient (Wildman–Crippen LogP) is 4.10. The topological polar surface area (TPSA) is 34.9 Å². The van der Waals surface area contributed by atoms with Crippen LogP contribution in [0.25, 0.3) is 5.82 Å². The molecule has 2 aromatic heterocycles. The molecule has 0 saturated heterocycles. The van der Waals surface area contributed by atoms with Crippen LogP contribution in [-0.2, 0) is 6.42 Å². The lowest BCUT2D eigenvalue weighted by atomic mass is 9.76. The molecule has 3 rings (SSSR count).